The number of furan rings is 1. The number of rotatable bonds is 5. The summed E-state index contributed by atoms with van der Waals surface area (Å²) in [6, 6.07) is 62.0. The first-order chi connectivity index (χ1) is 25.2. The van der Waals surface area contributed by atoms with Gasteiger partial charge in [0.2, 0.25) is 0 Å². The van der Waals surface area contributed by atoms with Gasteiger partial charge in [-0.15, -0.1) is 0 Å². The largest absolute Gasteiger partial charge is 0.455 e. The Morgan fingerprint density at radius 1 is 0.431 bits per heavy atom. The Morgan fingerprint density at radius 3 is 1.78 bits per heavy atom. The molecule has 0 atom stereocenters. The third-order valence-corrected chi connectivity index (χ3v) is 10.6. The van der Waals surface area contributed by atoms with E-state index in [-0.39, 0.29) is 5.41 Å². The molecule has 2 heterocycles. The number of hydrogen-bond donors (Lipinski definition) is 0. The molecule has 2 aromatic heterocycles. The lowest BCUT2D eigenvalue weighted by molar-refractivity contribution is 0.670. The quantitative estimate of drug-likeness (QED) is 0.186. The standard InChI is InChI=1S/C48H32N2O/c1-48(41-26-10-7-20-35(41)36-21-8-11-27-42(36)48)33-18-13-17-32(29-33)43-30-44(50-47(49-43)31-15-3-2-4-16-31)37-22-6-5-19-34(37)39-24-14-25-40-38-23-9-12-28-45(38)51-46(39)40/h2-30H,1H3. The smallest absolute Gasteiger partial charge is 0.160 e. The molecule has 0 N–H and O–H groups in total. The van der Waals surface area contributed by atoms with Crippen LogP contribution >= 0.6 is 0 Å². The molecule has 0 unspecified atom stereocenters. The lowest BCUT2D eigenvalue weighted by Gasteiger charge is -2.28. The van der Waals surface area contributed by atoms with E-state index in [9.17, 15) is 0 Å². The Morgan fingerprint density at radius 2 is 1.00 bits per heavy atom. The maximum Gasteiger partial charge on any atom is 0.160 e. The molecule has 3 heteroatoms. The van der Waals surface area contributed by atoms with Gasteiger partial charge in [-0.2, -0.15) is 0 Å². The molecular weight excluding hydrogens is 621 g/mol. The van der Waals surface area contributed by atoms with Crippen molar-refractivity contribution in [2.45, 2.75) is 12.3 Å². The third-order valence-electron chi connectivity index (χ3n) is 10.6. The van der Waals surface area contributed by atoms with E-state index in [0.29, 0.717) is 5.82 Å². The molecule has 10 rings (SSSR count). The fraction of sp³-hybridized carbons (Fsp3) is 0.0417. The number of benzene rings is 7. The van der Waals surface area contributed by atoms with Gasteiger partial charge in [-0.25, -0.2) is 9.97 Å². The summed E-state index contributed by atoms with van der Waals surface area (Å²) in [6.45, 7) is 2.35. The van der Waals surface area contributed by atoms with Gasteiger partial charge in [-0.1, -0.05) is 158 Å². The van der Waals surface area contributed by atoms with E-state index in [4.69, 9.17) is 14.4 Å². The SMILES string of the molecule is CC1(c2cccc(-c3cc(-c4ccccc4-c4cccc5c4oc4ccccc45)nc(-c4ccccc4)n3)c2)c2ccccc2-c2ccccc21. The maximum atomic E-state index is 6.50. The molecule has 9 aromatic rings. The van der Waals surface area contributed by atoms with Crippen LogP contribution < -0.4 is 0 Å². The van der Waals surface area contributed by atoms with Crippen molar-refractivity contribution in [1.82, 2.24) is 9.97 Å². The van der Waals surface area contributed by atoms with Crippen molar-refractivity contribution >= 4 is 21.9 Å². The van der Waals surface area contributed by atoms with Crippen molar-refractivity contribution in [3.8, 4) is 56.2 Å². The molecule has 7 aromatic carbocycles. The Hall–Kier alpha value is -6.58. The normalized spacial score (nSPS) is 13.0. The van der Waals surface area contributed by atoms with Crippen LogP contribution in [0, 0.1) is 0 Å². The third kappa shape index (κ3) is 4.59. The van der Waals surface area contributed by atoms with Gasteiger partial charge in [0.1, 0.15) is 11.2 Å². The van der Waals surface area contributed by atoms with Gasteiger partial charge in [0.05, 0.1) is 11.4 Å². The summed E-state index contributed by atoms with van der Waals surface area (Å²) in [7, 11) is 0. The minimum absolute atomic E-state index is 0.306. The Balaban J connectivity index is 1.17. The number of para-hydroxylation sites is 2. The zero-order valence-corrected chi connectivity index (χ0v) is 28.0. The predicted octanol–water partition coefficient (Wildman–Crippen LogP) is 12.4. The molecule has 0 saturated carbocycles. The molecule has 0 saturated heterocycles. The highest BCUT2D eigenvalue weighted by Gasteiger charge is 2.40. The topological polar surface area (TPSA) is 38.9 Å². The second kappa shape index (κ2) is 11.5. The van der Waals surface area contributed by atoms with Gasteiger partial charge in [-0.05, 0) is 58.5 Å². The average Bonchev–Trinajstić information content (AvgIpc) is 3.72. The molecule has 0 aliphatic heterocycles. The second-order valence-corrected chi connectivity index (χ2v) is 13.5. The highest BCUT2D eigenvalue weighted by molar-refractivity contribution is 6.10. The van der Waals surface area contributed by atoms with E-state index in [1.165, 1.54) is 27.8 Å². The molecule has 240 valence electrons. The number of hydrogen-bond acceptors (Lipinski definition) is 3. The van der Waals surface area contributed by atoms with Crippen LogP contribution in [0.15, 0.2) is 180 Å². The highest BCUT2D eigenvalue weighted by Crippen LogP contribution is 2.52. The monoisotopic (exact) mass is 652 g/mol. The minimum Gasteiger partial charge on any atom is -0.455 e. The van der Waals surface area contributed by atoms with Crippen LogP contribution in [-0.2, 0) is 5.41 Å². The van der Waals surface area contributed by atoms with Crippen molar-refractivity contribution in [3.63, 3.8) is 0 Å². The van der Waals surface area contributed by atoms with Crippen molar-refractivity contribution in [2.75, 3.05) is 0 Å². The predicted molar refractivity (Wildman–Crippen MR) is 208 cm³/mol. The summed E-state index contributed by atoms with van der Waals surface area (Å²) < 4.78 is 6.50. The molecule has 0 amide bonds. The summed E-state index contributed by atoms with van der Waals surface area (Å²) in [4.78, 5) is 10.5. The van der Waals surface area contributed by atoms with Crippen LogP contribution in [0.2, 0.25) is 0 Å². The van der Waals surface area contributed by atoms with Gasteiger partial charge < -0.3 is 4.42 Å². The molecule has 3 nitrogen and oxygen atoms in total. The molecule has 0 fully saturated rings. The number of nitrogens with zero attached hydrogens (tertiary/aromatic N) is 2. The van der Waals surface area contributed by atoms with Crippen LogP contribution in [-0.4, -0.2) is 9.97 Å². The minimum atomic E-state index is -0.306. The summed E-state index contributed by atoms with van der Waals surface area (Å²) in [5.74, 6) is 0.688. The molecule has 0 bridgehead atoms. The van der Waals surface area contributed by atoms with Crippen molar-refractivity contribution in [1.29, 1.82) is 0 Å². The number of aromatic nitrogens is 2. The second-order valence-electron chi connectivity index (χ2n) is 13.5. The van der Waals surface area contributed by atoms with Gasteiger partial charge in [0.25, 0.3) is 0 Å². The van der Waals surface area contributed by atoms with Crippen molar-refractivity contribution in [2.24, 2.45) is 0 Å². The maximum absolute atomic E-state index is 6.50. The van der Waals surface area contributed by atoms with E-state index >= 15 is 0 Å². The van der Waals surface area contributed by atoms with Crippen LogP contribution in [0.4, 0.5) is 0 Å². The first kappa shape index (κ1) is 29.3. The lowest BCUT2D eigenvalue weighted by atomic mass is 9.74. The van der Waals surface area contributed by atoms with Crippen LogP contribution in [0.3, 0.4) is 0 Å². The summed E-state index contributed by atoms with van der Waals surface area (Å²) in [5.41, 5.74) is 14.8. The van der Waals surface area contributed by atoms with E-state index in [1.807, 2.05) is 30.3 Å². The van der Waals surface area contributed by atoms with Crippen LogP contribution in [0.1, 0.15) is 23.6 Å². The molecule has 51 heavy (non-hydrogen) atoms. The van der Waals surface area contributed by atoms with Crippen molar-refractivity contribution < 1.29 is 4.42 Å². The molecular formula is C48H32N2O. The fourth-order valence-electron chi connectivity index (χ4n) is 8.10. The van der Waals surface area contributed by atoms with Gasteiger partial charge in [0, 0.05) is 38.4 Å². The van der Waals surface area contributed by atoms with E-state index in [2.05, 4.69) is 153 Å². The van der Waals surface area contributed by atoms with E-state index in [0.717, 1.165) is 61.1 Å². The van der Waals surface area contributed by atoms with Gasteiger partial charge in [0.15, 0.2) is 5.82 Å². The molecule has 0 spiro atoms. The summed E-state index contributed by atoms with van der Waals surface area (Å²) in [5, 5.41) is 2.22. The van der Waals surface area contributed by atoms with Gasteiger partial charge >= 0.3 is 0 Å². The molecule has 1 aliphatic rings. The zero-order chi connectivity index (χ0) is 33.9. The number of fused-ring (bicyclic) bond motifs is 6. The Labute approximate surface area is 296 Å². The van der Waals surface area contributed by atoms with Crippen LogP contribution in [0.5, 0.6) is 0 Å². The first-order valence-electron chi connectivity index (χ1n) is 17.4. The van der Waals surface area contributed by atoms with E-state index in [1.54, 1.807) is 0 Å². The lowest BCUT2D eigenvalue weighted by Crippen LogP contribution is -2.22. The van der Waals surface area contributed by atoms with Crippen molar-refractivity contribution in [3.05, 3.63) is 193 Å². The van der Waals surface area contributed by atoms with E-state index < -0.39 is 0 Å². The molecule has 0 radical (unpaired) electrons. The Bertz CT molecular complexity index is 2730. The molecule has 1 aliphatic carbocycles. The highest BCUT2D eigenvalue weighted by atomic mass is 16.3. The first-order valence-corrected chi connectivity index (χ1v) is 17.4. The average molecular weight is 653 g/mol. The van der Waals surface area contributed by atoms with Gasteiger partial charge in [-0.3, -0.25) is 0 Å². The summed E-state index contributed by atoms with van der Waals surface area (Å²) in [6.07, 6.45) is 0. The van der Waals surface area contributed by atoms with Crippen LogP contribution in [0.25, 0.3) is 78.1 Å². The Kier molecular flexibility index (Phi) is 6.62. The fourth-order valence-corrected chi connectivity index (χ4v) is 8.10. The summed E-state index contributed by atoms with van der Waals surface area (Å²) >= 11 is 0. The zero-order valence-electron chi connectivity index (χ0n) is 28.0.